The molecule has 0 aromatic heterocycles. The van der Waals surface area contributed by atoms with Crippen molar-refractivity contribution < 1.29 is 18.0 Å². The molecule has 0 aliphatic carbocycles. The van der Waals surface area contributed by atoms with E-state index in [0.717, 1.165) is 5.56 Å². The van der Waals surface area contributed by atoms with Crippen molar-refractivity contribution in [1.29, 1.82) is 0 Å². The molecule has 1 aromatic rings. The van der Waals surface area contributed by atoms with Crippen LogP contribution in [0.4, 0.5) is 0 Å². The minimum atomic E-state index is -3.70. The number of carbonyl (C=O) groups is 2. The Balaban J connectivity index is 2.51. The Morgan fingerprint density at radius 3 is 2.14 bits per heavy atom. The first-order valence-electron chi connectivity index (χ1n) is 6.98. The van der Waals surface area contributed by atoms with Crippen LogP contribution in [0.15, 0.2) is 29.2 Å². The molecule has 8 heteroatoms. The second-order valence-electron chi connectivity index (χ2n) is 4.67. The Bertz CT molecular complexity index is 622. The smallest absolute Gasteiger partial charge is 0.311 e. The quantitative estimate of drug-likeness (QED) is 0.709. The normalized spacial score (nSPS) is 11.0. The number of primary sulfonamides is 1. The van der Waals surface area contributed by atoms with Gasteiger partial charge in [0.25, 0.3) is 0 Å². The Morgan fingerprint density at radius 2 is 1.68 bits per heavy atom. The largest absolute Gasteiger partial charge is 0.347 e. The molecule has 0 atom stereocenters. The number of hydrogen-bond donors (Lipinski definition) is 2. The summed E-state index contributed by atoms with van der Waals surface area (Å²) in [5.41, 5.74) is 0.836. The number of sulfonamides is 1. The summed E-state index contributed by atoms with van der Waals surface area (Å²) in [4.78, 5) is 24.9. The Morgan fingerprint density at radius 1 is 1.14 bits per heavy atom. The number of nitrogens with one attached hydrogen (secondary N) is 1. The summed E-state index contributed by atoms with van der Waals surface area (Å²) < 4.78 is 22.2. The van der Waals surface area contributed by atoms with Crippen molar-refractivity contribution >= 4 is 21.8 Å². The van der Waals surface area contributed by atoms with E-state index in [1.165, 1.54) is 17.0 Å². The molecule has 122 valence electrons. The first-order chi connectivity index (χ1) is 10.3. The lowest BCUT2D eigenvalue weighted by atomic mass is 10.1. The molecular weight excluding hydrogens is 306 g/mol. The van der Waals surface area contributed by atoms with Gasteiger partial charge in [-0.05, 0) is 38.0 Å². The van der Waals surface area contributed by atoms with E-state index in [1.54, 1.807) is 12.1 Å². The van der Waals surface area contributed by atoms with Gasteiger partial charge in [-0.3, -0.25) is 9.59 Å². The van der Waals surface area contributed by atoms with Crippen molar-refractivity contribution in [2.75, 3.05) is 19.6 Å². The van der Waals surface area contributed by atoms with Crippen LogP contribution in [0.2, 0.25) is 0 Å². The molecule has 0 saturated carbocycles. The summed E-state index contributed by atoms with van der Waals surface area (Å²) in [6, 6.07) is 6.07. The third kappa shape index (κ3) is 5.12. The summed E-state index contributed by atoms with van der Waals surface area (Å²) >= 11 is 0. The molecule has 2 amide bonds. The van der Waals surface area contributed by atoms with Gasteiger partial charge in [-0.15, -0.1) is 0 Å². The lowest BCUT2D eigenvalue weighted by Crippen LogP contribution is -2.43. The standard InChI is InChI=1S/C14H21N3O4S/c1-3-17(4-2)14(19)13(18)16-10-9-11-5-7-12(8-6-11)22(15,20)21/h5-8H,3-4,9-10H2,1-2H3,(H,16,18)(H2,15,20,21). The van der Waals surface area contributed by atoms with E-state index in [2.05, 4.69) is 5.32 Å². The van der Waals surface area contributed by atoms with Gasteiger partial charge in [0.05, 0.1) is 4.90 Å². The summed E-state index contributed by atoms with van der Waals surface area (Å²) in [5, 5.41) is 7.56. The maximum atomic E-state index is 11.7. The van der Waals surface area contributed by atoms with E-state index in [9.17, 15) is 18.0 Å². The van der Waals surface area contributed by atoms with E-state index in [1.807, 2.05) is 13.8 Å². The first-order valence-corrected chi connectivity index (χ1v) is 8.53. The topological polar surface area (TPSA) is 110 Å². The van der Waals surface area contributed by atoms with Gasteiger partial charge in [-0.1, -0.05) is 12.1 Å². The number of hydrogen-bond acceptors (Lipinski definition) is 4. The monoisotopic (exact) mass is 327 g/mol. The second-order valence-corrected chi connectivity index (χ2v) is 6.23. The zero-order valence-electron chi connectivity index (χ0n) is 12.7. The summed E-state index contributed by atoms with van der Waals surface area (Å²) in [7, 11) is -3.70. The highest BCUT2D eigenvalue weighted by molar-refractivity contribution is 7.89. The zero-order valence-corrected chi connectivity index (χ0v) is 13.5. The number of amides is 2. The van der Waals surface area contributed by atoms with Crippen LogP contribution in [0, 0.1) is 0 Å². The van der Waals surface area contributed by atoms with Gasteiger partial charge in [-0.25, -0.2) is 13.6 Å². The van der Waals surface area contributed by atoms with Gasteiger partial charge in [0.15, 0.2) is 0 Å². The van der Waals surface area contributed by atoms with Gasteiger partial charge in [-0.2, -0.15) is 0 Å². The van der Waals surface area contributed by atoms with Gasteiger partial charge in [0, 0.05) is 19.6 Å². The summed E-state index contributed by atoms with van der Waals surface area (Å²) in [6.07, 6.45) is 0.488. The molecule has 0 radical (unpaired) electrons. The van der Waals surface area contributed by atoms with E-state index in [4.69, 9.17) is 5.14 Å². The lowest BCUT2D eigenvalue weighted by molar-refractivity contribution is -0.145. The first kappa shape index (κ1) is 18.1. The fourth-order valence-corrected chi connectivity index (χ4v) is 2.41. The third-order valence-corrected chi connectivity index (χ3v) is 4.13. The Kier molecular flexibility index (Phi) is 6.51. The lowest BCUT2D eigenvalue weighted by Gasteiger charge is -2.17. The fourth-order valence-electron chi connectivity index (χ4n) is 1.90. The summed E-state index contributed by atoms with van der Waals surface area (Å²) in [6.45, 7) is 4.87. The Labute approximate surface area is 130 Å². The molecule has 0 aliphatic heterocycles. The third-order valence-electron chi connectivity index (χ3n) is 3.20. The van der Waals surface area contributed by atoms with Crippen LogP contribution in [-0.4, -0.2) is 44.8 Å². The van der Waals surface area contributed by atoms with Crippen molar-refractivity contribution in [1.82, 2.24) is 10.2 Å². The fraction of sp³-hybridized carbons (Fsp3) is 0.429. The van der Waals surface area contributed by atoms with Gasteiger partial charge >= 0.3 is 11.8 Å². The number of rotatable bonds is 6. The van der Waals surface area contributed by atoms with E-state index in [-0.39, 0.29) is 4.90 Å². The molecule has 3 N–H and O–H groups in total. The number of likely N-dealkylation sites (N-methyl/N-ethyl adjacent to an activating group) is 1. The highest BCUT2D eigenvalue weighted by Crippen LogP contribution is 2.08. The van der Waals surface area contributed by atoms with Crippen molar-refractivity contribution in [2.45, 2.75) is 25.2 Å². The Hall–Kier alpha value is -1.93. The molecule has 0 saturated heterocycles. The average molecular weight is 327 g/mol. The van der Waals surface area contributed by atoms with Crippen molar-refractivity contribution in [3.8, 4) is 0 Å². The zero-order chi connectivity index (χ0) is 16.8. The van der Waals surface area contributed by atoms with E-state index < -0.39 is 21.8 Å². The van der Waals surface area contributed by atoms with Crippen LogP contribution in [0.25, 0.3) is 0 Å². The molecule has 0 bridgehead atoms. The van der Waals surface area contributed by atoms with Crippen molar-refractivity contribution in [3.05, 3.63) is 29.8 Å². The van der Waals surface area contributed by atoms with Crippen LogP contribution in [0.3, 0.4) is 0 Å². The maximum Gasteiger partial charge on any atom is 0.311 e. The number of carbonyl (C=O) groups excluding carboxylic acids is 2. The molecule has 0 unspecified atom stereocenters. The van der Waals surface area contributed by atoms with Crippen LogP contribution in [-0.2, 0) is 26.0 Å². The van der Waals surface area contributed by atoms with Gasteiger partial charge < -0.3 is 10.2 Å². The highest BCUT2D eigenvalue weighted by atomic mass is 32.2. The average Bonchev–Trinajstić information content (AvgIpc) is 2.47. The molecule has 0 spiro atoms. The highest BCUT2D eigenvalue weighted by Gasteiger charge is 2.18. The van der Waals surface area contributed by atoms with Crippen LogP contribution in [0.1, 0.15) is 19.4 Å². The number of nitrogens with zero attached hydrogens (tertiary/aromatic N) is 1. The maximum absolute atomic E-state index is 11.7. The minimum Gasteiger partial charge on any atom is -0.347 e. The van der Waals surface area contributed by atoms with Crippen LogP contribution in [0.5, 0.6) is 0 Å². The predicted octanol–water partition coefficient (Wildman–Crippen LogP) is -0.139. The summed E-state index contributed by atoms with van der Waals surface area (Å²) in [5.74, 6) is -1.18. The minimum absolute atomic E-state index is 0.0389. The van der Waals surface area contributed by atoms with E-state index in [0.29, 0.717) is 26.1 Å². The van der Waals surface area contributed by atoms with Crippen molar-refractivity contribution in [2.24, 2.45) is 5.14 Å². The van der Waals surface area contributed by atoms with Gasteiger partial charge in [0.2, 0.25) is 10.0 Å². The number of nitrogens with two attached hydrogens (primary N) is 1. The molecule has 1 aromatic carbocycles. The molecule has 7 nitrogen and oxygen atoms in total. The molecule has 0 heterocycles. The van der Waals surface area contributed by atoms with Crippen molar-refractivity contribution in [3.63, 3.8) is 0 Å². The molecule has 22 heavy (non-hydrogen) atoms. The van der Waals surface area contributed by atoms with Crippen LogP contribution < -0.4 is 10.5 Å². The number of benzene rings is 1. The SMILES string of the molecule is CCN(CC)C(=O)C(=O)NCCc1ccc(S(N)(=O)=O)cc1. The molecule has 0 aliphatic rings. The van der Waals surface area contributed by atoms with Crippen LogP contribution >= 0.6 is 0 Å². The van der Waals surface area contributed by atoms with E-state index >= 15 is 0 Å². The second kappa shape index (κ2) is 7.90. The molecule has 1 rings (SSSR count). The molecular formula is C14H21N3O4S. The molecule has 0 fully saturated rings. The predicted molar refractivity (Wildman–Crippen MR) is 82.5 cm³/mol. The van der Waals surface area contributed by atoms with Gasteiger partial charge in [0.1, 0.15) is 0 Å².